The second-order valence-electron chi connectivity index (χ2n) is 4.82. The first-order valence-electron chi connectivity index (χ1n) is 6.62. The lowest BCUT2D eigenvalue weighted by molar-refractivity contribution is 0.580. The van der Waals surface area contributed by atoms with Crippen LogP contribution in [0.25, 0.3) is 0 Å². The van der Waals surface area contributed by atoms with Gasteiger partial charge in [0.2, 0.25) is 10.0 Å². The van der Waals surface area contributed by atoms with Crippen molar-refractivity contribution in [2.45, 2.75) is 31.7 Å². The zero-order chi connectivity index (χ0) is 15.5. The Hall–Kier alpha value is -1.28. The normalized spacial score (nSPS) is 11.8. The van der Waals surface area contributed by atoms with Crippen LogP contribution in [0.2, 0.25) is 0 Å². The number of rotatable bonds is 6. The van der Waals surface area contributed by atoms with Crippen LogP contribution in [0.3, 0.4) is 0 Å². The highest BCUT2D eigenvalue weighted by atomic mass is 32.2. The van der Waals surface area contributed by atoms with Gasteiger partial charge in [-0.3, -0.25) is 0 Å². The zero-order valence-corrected chi connectivity index (χ0v) is 13.7. The van der Waals surface area contributed by atoms with Crippen LogP contribution < -0.4 is 10.5 Å². The fourth-order valence-corrected chi connectivity index (χ4v) is 4.06. The van der Waals surface area contributed by atoms with Gasteiger partial charge in [-0.25, -0.2) is 18.1 Å². The molecule has 0 amide bonds. The second-order valence-corrected chi connectivity index (χ2v) is 7.54. The van der Waals surface area contributed by atoms with Crippen molar-refractivity contribution in [1.29, 1.82) is 0 Å². The molecule has 2 rings (SSSR count). The van der Waals surface area contributed by atoms with Gasteiger partial charge >= 0.3 is 0 Å². The van der Waals surface area contributed by atoms with Crippen molar-refractivity contribution in [1.82, 2.24) is 9.71 Å². The first-order chi connectivity index (χ1) is 9.94. The number of benzene rings is 1. The summed E-state index contributed by atoms with van der Waals surface area (Å²) in [6.07, 6.45) is 2.30. The molecule has 5 nitrogen and oxygen atoms in total. The van der Waals surface area contributed by atoms with Crippen LogP contribution >= 0.6 is 11.3 Å². The van der Waals surface area contributed by atoms with Crippen LogP contribution in [0, 0.1) is 13.8 Å². The van der Waals surface area contributed by atoms with Gasteiger partial charge in [-0.1, -0.05) is 6.07 Å². The topological polar surface area (TPSA) is 85.1 Å². The molecule has 0 bridgehead atoms. The first kappa shape index (κ1) is 16.1. The number of nitrogens with zero attached hydrogens (tertiary/aromatic N) is 1. The van der Waals surface area contributed by atoms with Crippen molar-refractivity contribution < 1.29 is 8.42 Å². The Morgan fingerprint density at radius 1 is 1.29 bits per heavy atom. The number of aryl methyl sites for hydroxylation is 2. The summed E-state index contributed by atoms with van der Waals surface area (Å²) >= 11 is 1.52. The minimum atomic E-state index is -3.52. The summed E-state index contributed by atoms with van der Waals surface area (Å²) in [5, 5.41) is 2.79. The largest absolute Gasteiger partial charge is 0.326 e. The minimum absolute atomic E-state index is 0.299. The lowest BCUT2D eigenvalue weighted by atomic mass is 10.1. The van der Waals surface area contributed by atoms with E-state index in [1.807, 2.05) is 18.4 Å². The molecule has 114 valence electrons. The first-order valence-corrected chi connectivity index (χ1v) is 8.98. The maximum atomic E-state index is 12.4. The van der Waals surface area contributed by atoms with Crippen LogP contribution in [-0.4, -0.2) is 19.9 Å². The quantitative estimate of drug-likeness (QED) is 0.847. The molecular weight excluding hydrogens is 306 g/mol. The number of thiazole rings is 1. The average molecular weight is 325 g/mol. The van der Waals surface area contributed by atoms with E-state index >= 15 is 0 Å². The molecule has 0 aliphatic carbocycles. The maximum Gasteiger partial charge on any atom is 0.240 e. The molecule has 7 heteroatoms. The van der Waals surface area contributed by atoms with Gasteiger partial charge in [0.1, 0.15) is 0 Å². The molecule has 0 spiro atoms. The summed E-state index contributed by atoms with van der Waals surface area (Å²) in [5.74, 6) is 0. The van der Waals surface area contributed by atoms with Crippen LogP contribution in [0.4, 0.5) is 0 Å². The Balaban J connectivity index is 2.15. The number of hydrogen-bond donors (Lipinski definition) is 2. The van der Waals surface area contributed by atoms with Gasteiger partial charge < -0.3 is 5.73 Å². The van der Waals surface area contributed by atoms with Crippen LogP contribution in [0.15, 0.2) is 28.6 Å². The summed E-state index contributed by atoms with van der Waals surface area (Å²) < 4.78 is 27.4. The number of hydrogen-bond acceptors (Lipinski definition) is 5. The third kappa shape index (κ3) is 3.88. The van der Waals surface area contributed by atoms with Crippen LogP contribution in [-0.2, 0) is 23.0 Å². The van der Waals surface area contributed by atoms with Crippen molar-refractivity contribution in [3.05, 3.63) is 45.4 Å². The number of sulfonamides is 1. The predicted molar refractivity (Wildman–Crippen MR) is 84.8 cm³/mol. The summed E-state index contributed by atoms with van der Waals surface area (Å²) in [6.45, 7) is 4.39. The highest BCUT2D eigenvalue weighted by Crippen LogP contribution is 2.20. The van der Waals surface area contributed by atoms with Gasteiger partial charge in [0.15, 0.2) is 0 Å². The molecule has 1 aromatic carbocycles. The smallest absolute Gasteiger partial charge is 0.240 e. The van der Waals surface area contributed by atoms with Crippen molar-refractivity contribution in [3.8, 4) is 0 Å². The molecule has 1 heterocycles. The molecule has 1 aromatic heterocycles. The molecule has 0 unspecified atom stereocenters. The summed E-state index contributed by atoms with van der Waals surface area (Å²) in [7, 11) is -3.52. The van der Waals surface area contributed by atoms with Crippen molar-refractivity contribution in [3.63, 3.8) is 0 Å². The summed E-state index contributed by atoms with van der Waals surface area (Å²) in [5.41, 5.74) is 8.24. The van der Waals surface area contributed by atoms with E-state index in [0.29, 0.717) is 24.4 Å². The Kier molecular flexibility index (Phi) is 5.10. The Morgan fingerprint density at radius 3 is 2.67 bits per heavy atom. The highest BCUT2D eigenvalue weighted by Gasteiger charge is 2.18. The van der Waals surface area contributed by atoms with Gasteiger partial charge in [0.25, 0.3) is 0 Å². The van der Waals surface area contributed by atoms with Gasteiger partial charge in [-0.05, 0) is 36.6 Å². The number of aromatic nitrogens is 1. The molecule has 0 aliphatic heterocycles. The SMILES string of the molecule is Cc1cc(C)c(S(=O)(=O)NCCc2nccs2)cc1CN. The molecule has 0 radical (unpaired) electrons. The molecule has 0 saturated heterocycles. The van der Waals surface area contributed by atoms with E-state index in [-0.39, 0.29) is 0 Å². The minimum Gasteiger partial charge on any atom is -0.326 e. The molecule has 0 saturated carbocycles. The standard InChI is InChI=1S/C14H19N3O2S2/c1-10-7-11(2)13(8-12(10)9-15)21(18,19)17-4-3-14-16-5-6-20-14/h5-8,17H,3-4,9,15H2,1-2H3. The van der Waals surface area contributed by atoms with Crippen molar-refractivity contribution >= 4 is 21.4 Å². The lowest BCUT2D eigenvalue weighted by Gasteiger charge is -2.12. The molecular formula is C14H19N3O2S2. The third-order valence-corrected chi connectivity index (χ3v) is 5.70. The second kappa shape index (κ2) is 6.65. The molecule has 0 fully saturated rings. The number of nitrogens with two attached hydrogens (primary N) is 1. The molecule has 3 N–H and O–H groups in total. The fourth-order valence-electron chi connectivity index (χ4n) is 2.13. The number of nitrogens with one attached hydrogen (secondary N) is 1. The lowest BCUT2D eigenvalue weighted by Crippen LogP contribution is -2.27. The molecule has 0 aliphatic rings. The van der Waals surface area contributed by atoms with E-state index in [4.69, 9.17) is 5.73 Å². The van der Waals surface area contributed by atoms with E-state index in [1.165, 1.54) is 11.3 Å². The highest BCUT2D eigenvalue weighted by molar-refractivity contribution is 7.89. The molecule has 0 atom stereocenters. The van der Waals surface area contributed by atoms with Crippen molar-refractivity contribution in [2.24, 2.45) is 5.73 Å². The van der Waals surface area contributed by atoms with Gasteiger partial charge in [0.05, 0.1) is 9.90 Å². The van der Waals surface area contributed by atoms with Crippen LogP contribution in [0.1, 0.15) is 21.7 Å². The monoisotopic (exact) mass is 325 g/mol. The van der Waals surface area contributed by atoms with Crippen molar-refractivity contribution in [2.75, 3.05) is 6.54 Å². The van der Waals surface area contributed by atoms with Gasteiger partial charge in [0, 0.05) is 31.1 Å². The Bertz CT molecular complexity index is 710. The molecule has 21 heavy (non-hydrogen) atoms. The van der Waals surface area contributed by atoms with Gasteiger partial charge in [-0.15, -0.1) is 11.3 Å². The van der Waals surface area contributed by atoms with Gasteiger partial charge in [-0.2, -0.15) is 0 Å². The van der Waals surface area contributed by atoms with E-state index in [2.05, 4.69) is 9.71 Å². The molecule has 2 aromatic rings. The van der Waals surface area contributed by atoms with E-state index in [1.54, 1.807) is 19.2 Å². The Labute approximate surface area is 129 Å². The summed E-state index contributed by atoms with van der Waals surface area (Å²) in [4.78, 5) is 4.43. The predicted octanol–water partition coefficient (Wildman–Crippen LogP) is 1.74. The fraction of sp³-hybridized carbons (Fsp3) is 0.357. The van der Waals surface area contributed by atoms with E-state index in [9.17, 15) is 8.42 Å². The van der Waals surface area contributed by atoms with E-state index < -0.39 is 10.0 Å². The average Bonchev–Trinajstić information content (AvgIpc) is 2.91. The summed E-state index contributed by atoms with van der Waals surface area (Å²) in [6, 6.07) is 3.52. The zero-order valence-electron chi connectivity index (χ0n) is 12.1. The van der Waals surface area contributed by atoms with Crippen LogP contribution in [0.5, 0.6) is 0 Å². The maximum absolute atomic E-state index is 12.4. The third-order valence-electron chi connectivity index (χ3n) is 3.26. The Morgan fingerprint density at radius 2 is 2.05 bits per heavy atom. The van der Waals surface area contributed by atoms with E-state index in [0.717, 1.165) is 21.7 Å².